The van der Waals surface area contributed by atoms with Crippen molar-refractivity contribution < 1.29 is 18.4 Å². The number of hydrogen-bond acceptors (Lipinski definition) is 4. The molecule has 0 spiro atoms. The summed E-state index contributed by atoms with van der Waals surface area (Å²) in [4.78, 5) is 25.1. The van der Waals surface area contributed by atoms with Gasteiger partial charge in [0.15, 0.2) is 0 Å². The second-order valence-corrected chi connectivity index (χ2v) is 7.10. The van der Waals surface area contributed by atoms with Crippen LogP contribution >= 0.6 is 0 Å². The van der Waals surface area contributed by atoms with Gasteiger partial charge in [-0.3, -0.25) is 14.5 Å². The first-order chi connectivity index (χ1) is 9.34. The van der Waals surface area contributed by atoms with Crippen LogP contribution in [-0.4, -0.2) is 46.8 Å². The van der Waals surface area contributed by atoms with Crippen molar-refractivity contribution in [2.24, 2.45) is 0 Å². The SMILES string of the molecule is C=C(C)C(=O)N(CCCC[SiH](OC)OC)C(=O)C(=C)C. The fourth-order valence-corrected chi connectivity index (χ4v) is 2.95. The molecule has 0 unspecified atom stereocenters. The molecule has 2 amide bonds. The Kier molecular flexibility index (Phi) is 9.03. The highest BCUT2D eigenvalue weighted by atomic mass is 28.3. The van der Waals surface area contributed by atoms with Gasteiger partial charge in [0.05, 0.1) is 0 Å². The average Bonchev–Trinajstić information content (AvgIpc) is 2.41. The van der Waals surface area contributed by atoms with Crippen molar-refractivity contribution >= 4 is 21.1 Å². The Bertz CT molecular complexity index is 351. The molecule has 0 fully saturated rings. The summed E-state index contributed by atoms with van der Waals surface area (Å²) in [5, 5.41) is 0. The zero-order chi connectivity index (χ0) is 15.7. The normalized spacial score (nSPS) is 10.4. The molecule has 0 N–H and O–H groups in total. The monoisotopic (exact) mass is 299 g/mol. The number of carbonyl (C=O) groups excluding carboxylic acids is 2. The van der Waals surface area contributed by atoms with Crippen molar-refractivity contribution in [3.8, 4) is 0 Å². The molecule has 114 valence electrons. The van der Waals surface area contributed by atoms with Crippen LogP contribution in [0.5, 0.6) is 0 Å². The molecule has 0 heterocycles. The summed E-state index contributed by atoms with van der Waals surface area (Å²) < 4.78 is 10.4. The van der Waals surface area contributed by atoms with Gasteiger partial charge in [0.25, 0.3) is 11.8 Å². The summed E-state index contributed by atoms with van der Waals surface area (Å²) >= 11 is 0. The Morgan fingerprint density at radius 2 is 1.45 bits per heavy atom. The summed E-state index contributed by atoms with van der Waals surface area (Å²) in [6, 6.07) is 0.851. The van der Waals surface area contributed by atoms with Gasteiger partial charge >= 0.3 is 9.28 Å². The van der Waals surface area contributed by atoms with Crippen LogP contribution in [0.3, 0.4) is 0 Å². The van der Waals surface area contributed by atoms with E-state index >= 15 is 0 Å². The minimum Gasteiger partial charge on any atom is -0.400 e. The molecule has 20 heavy (non-hydrogen) atoms. The number of hydrogen-bond donors (Lipinski definition) is 0. The molecule has 0 aliphatic rings. The van der Waals surface area contributed by atoms with Crippen LogP contribution in [0, 0.1) is 0 Å². The lowest BCUT2D eigenvalue weighted by Crippen LogP contribution is -2.38. The van der Waals surface area contributed by atoms with Crippen LogP contribution in [0.25, 0.3) is 0 Å². The maximum absolute atomic E-state index is 12.0. The maximum Gasteiger partial charge on any atom is 0.320 e. The van der Waals surface area contributed by atoms with Crippen molar-refractivity contribution in [1.82, 2.24) is 4.90 Å². The number of unbranched alkanes of at least 4 members (excludes halogenated alkanes) is 1. The highest BCUT2D eigenvalue weighted by Gasteiger charge is 2.22. The van der Waals surface area contributed by atoms with Gasteiger partial charge in [0, 0.05) is 31.9 Å². The number of nitrogens with zero attached hydrogens (tertiary/aromatic N) is 1. The first kappa shape index (κ1) is 18.8. The highest BCUT2D eigenvalue weighted by Crippen LogP contribution is 2.09. The quantitative estimate of drug-likeness (QED) is 0.370. The van der Waals surface area contributed by atoms with Crippen LogP contribution in [0.2, 0.25) is 6.04 Å². The van der Waals surface area contributed by atoms with Gasteiger partial charge in [-0.15, -0.1) is 0 Å². The molecule has 0 saturated heterocycles. The average molecular weight is 299 g/mol. The smallest absolute Gasteiger partial charge is 0.320 e. The van der Waals surface area contributed by atoms with E-state index in [2.05, 4.69) is 13.2 Å². The molecule has 0 aromatic carbocycles. The largest absolute Gasteiger partial charge is 0.400 e. The van der Waals surface area contributed by atoms with Crippen molar-refractivity contribution in [3.05, 3.63) is 24.3 Å². The van der Waals surface area contributed by atoms with Crippen molar-refractivity contribution in [2.45, 2.75) is 32.7 Å². The molecule has 0 atom stereocenters. The van der Waals surface area contributed by atoms with Gasteiger partial charge < -0.3 is 8.85 Å². The van der Waals surface area contributed by atoms with Crippen LogP contribution in [-0.2, 0) is 18.4 Å². The summed E-state index contributed by atoms with van der Waals surface area (Å²) in [5.74, 6) is -0.685. The minimum absolute atomic E-state index is 0.342. The second kappa shape index (κ2) is 9.63. The fourth-order valence-electron chi connectivity index (χ4n) is 1.67. The van der Waals surface area contributed by atoms with E-state index < -0.39 is 9.28 Å². The van der Waals surface area contributed by atoms with E-state index in [1.807, 2.05) is 0 Å². The van der Waals surface area contributed by atoms with E-state index in [0.29, 0.717) is 24.1 Å². The molecular weight excluding hydrogens is 274 g/mol. The molecule has 0 radical (unpaired) electrons. The van der Waals surface area contributed by atoms with E-state index in [1.165, 1.54) is 4.90 Å². The Hall–Kier alpha value is -1.24. The lowest BCUT2D eigenvalue weighted by atomic mass is 10.2. The van der Waals surface area contributed by atoms with Gasteiger partial charge in [0.1, 0.15) is 0 Å². The third-order valence-electron chi connectivity index (χ3n) is 2.82. The Balaban J connectivity index is 4.45. The van der Waals surface area contributed by atoms with E-state index in [0.717, 1.165) is 12.5 Å². The number of amides is 2. The maximum atomic E-state index is 12.0. The minimum atomic E-state index is -1.57. The standard InChI is InChI=1S/C14H25NO4Si/c1-11(2)13(16)15(14(17)12(3)4)9-7-8-10-20(18-5)19-6/h20H,1,3,7-10H2,2,4-6H3. The van der Waals surface area contributed by atoms with Crippen LogP contribution in [0.1, 0.15) is 26.7 Å². The lowest BCUT2D eigenvalue weighted by molar-refractivity contribution is -0.140. The second-order valence-electron chi connectivity index (χ2n) is 4.72. The summed E-state index contributed by atoms with van der Waals surface area (Å²) in [7, 11) is 1.71. The predicted molar refractivity (Wildman–Crippen MR) is 81.6 cm³/mol. The summed E-state index contributed by atoms with van der Waals surface area (Å²) in [6.45, 7) is 10.7. The fraction of sp³-hybridized carbons (Fsp3) is 0.571. The predicted octanol–water partition coefficient (Wildman–Crippen LogP) is 1.79. The van der Waals surface area contributed by atoms with E-state index in [-0.39, 0.29) is 11.8 Å². The molecule has 5 nitrogen and oxygen atoms in total. The molecule has 0 aromatic rings. The zero-order valence-electron chi connectivity index (χ0n) is 12.9. The van der Waals surface area contributed by atoms with E-state index in [9.17, 15) is 9.59 Å². The topological polar surface area (TPSA) is 55.8 Å². The molecule has 0 saturated carbocycles. The number of carbonyl (C=O) groups is 2. The third kappa shape index (κ3) is 6.27. The van der Waals surface area contributed by atoms with Crippen LogP contribution < -0.4 is 0 Å². The van der Waals surface area contributed by atoms with E-state index in [1.54, 1.807) is 28.1 Å². The number of rotatable bonds is 9. The summed E-state index contributed by atoms with van der Waals surface area (Å²) in [5.41, 5.74) is 0.696. The molecule has 0 rings (SSSR count). The van der Waals surface area contributed by atoms with Gasteiger partial charge in [0.2, 0.25) is 0 Å². The zero-order valence-corrected chi connectivity index (χ0v) is 14.1. The molecule has 6 heteroatoms. The third-order valence-corrected chi connectivity index (χ3v) is 4.75. The van der Waals surface area contributed by atoms with Gasteiger partial charge in [-0.05, 0) is 32.7 Å². The Morgan fingerprint density at radius 3 is 1.80 bits per heavy atom. The molecule has 0 aliphatic carbocycles. The van der Waals surface area contributed by atoms with Crippen LogP contribution in [0.4, 0.5) is 0 Å². The molecule has 0 aliphatic heterocycles. The van der Waals surface area contributed by atoms with E-state index in [4.69, 9.17) is 8.85 Å². The molecule has 0 aromatic heterocycles. The van der Waals surface area contributed by atoms with Gasteiger partial charge in [-0.1, -0.05) is 13.2 Å². The van der Waals surface area contributed by atoms with Crippen molar-refractivity contribution in [1.29, 1.82) is 0 Å². The van der Waals surface area contributed by atoms with Crippen LogP contribution in [0.15, 0.2) is 24.3 Å². The Labute approximate surface area is 123 Å². The summed E-state index contributed by atoms with van der Waals surface area (Å²) in [6.07, 6.45) is 1.57. The molecular formula is C14H25NO4Si. The first-order valence-corrected chi connectivity index (χ1v) is 8.33. The van der Waals surface area contributed by atoms with Crippen molar-refractivity contribution in [2.75, 3.05) is 20.8 Å². The highest BCUT2D eigenvalue weighted by molar-refractivity contribution is 6.44. The molecule has 0 bridgehead atoms. The lowest BCUT2D eigenvalue weighted by Gasteiger charge is -2.21. The van der Waals surface area contributed by atoms with Gasteiger partial charge in [-0.25, -0.2) is 0 Å². The van der Waals surface area contributed by atoms with Gasteiger partial charge in [-0.2, -0.15) is 0 Å². The first-order valence-electron chi connectivity index (χ1n) is 6.57. The number of imide groups is 1. The van der Waals surface area contributed by atoms with Crippen molar-refractivity contribution in [3.63, 3.8) is 0 Å². The Morgan fingerprint density at radius 1 is 1.00 bits per heavy atom.